The summed E-state index contributed by atoms with van der Waals surface area (Å²) in [5.74, 6) is -2.22. The summed E-state index contributed by atoms with van der Waals surface area (Å²) in [6.45, 7) is 9.62. The molecule has 0 saturated carbocycles. The van der Waals surface area contributed by atoms with Gasteiger partial charge >= 0.3 is 17.9 Å². The predicted molar refractivity (Wildman–Crippen MR) is 142 cm³/mol. The Morgan fingerprint density at radius 3 is 2.32 bits per heavy atom. The van der Waals surface area contributed by atoms with Crippen molar-refractivity contribution in [3.8, 4) is 11.5 Å². The van der Waals surface area contributed by atoms with Gasteiger partial charge in [0.2, 0.25) is 5.91 Å². The lowest BCUT2D eigenvalue weighted by molar-refractivity contribution is -0.136. The lowest BCUT2D eigenvalue weighted by atomic mass is 9.70. The first kappa shape index (κ1) is 28.1. The molecule has 1 atom stereocenters. The number of aryl methyl sites for hydroxylation is 1. The average molecular weight is 528 g/mol. The first-order chi connectivity index (χ1) is 17.4. The second-order valence-electron chi connectivity index (χ2n) is 9.94. The number of ether oxygens (including phenoxy) is 2. The molecule has 9 heteroatoms. The van der Waals surface area contributed by atoms with Gasteiger partial charge in [-0.05, 0) is 59.9 Å². The van der Waals surface area contributed by atoms with Crippen LogP contribution in [0.1, 0.15) is 92.6 Å². The molecule has 198 valence electrons. The van der Waals surface area contributed by atoms with Crippen LogP contribution in [-0.4, -0.2) is 28.9 Å². The smallest absolute Gasteiger partial charge is 0.339 e. The number of rotatable bonds is 8. The van der Waals surface area contributed by atoms with Gasteiger partial charge in [0.05, 0.1) is 5.56 Å². The maximum atomic E-state index is 12.8. The number of carbonyl (C=O) groups excluding carboxylic acids is 3. The largest absolute Gasteiger partial charge is 0.478 e. The third-order valence-corrected chi connectivity index (χ3v) is 7.36. The zero-order valence-corrected chi connectivity index (χ0v) is 22.6. The van der Waals surface area contributed by atoms with Gasteiger partial charge in [-0.3, -0.25) is 14.4 Å². The molecule has 1 aromatic heterocycles. The first-order valence-electron chi connectivity index (χ1n) is 12.4. The molecule has 1 aliphatic rings. The highest BCUT2D eigenvalue weighted by atomic mass is 32.1. The van der Waals surface area contributed by atoms with Gasteiger partial charge in [-0.15, -0.1) is 11.3 Å². The summed E-state index contributed by atoms with van der Waals surface area (Å²) in [6, 6.07) is 4.60. The number of hydrogen-bond donors (Lipinski definition) is 2. The van der Waals surface area contributed by atoms with E-state index in [1.54, 1.807) is 19.9 Å². The molecular formula is C28H33NO7S. The Bertz CT molecular complexity index is 1240. The number of esters is 2. The molecule has 1 aromatic carbocycles. The average Bonchev–Trinajstić information content (AvgIpc) is 3.21. The number of benzene rings is 1. The van der Waals surface area contributed by atoms with E-state index in [1.165, 1.54) is 35.6 Å². The van der Waals surface area contributed by atoms with Gasteiger partial charge in [0.25, 0.3) is 0 Å². The van der Waals surface area contributed by atoms with Crippen LogP contribution in [0.4, 0.5) is 5.00 Å². The summed E-state index contributed by atoms with van der Waals surface area (Å²) in [7, 11) is 0. The monoisotopic (exact) mass is 527 g/mol. The van der Waals surface area contributed by atoms with E-state index >= 15 is 0 Å². The van der Waals surface area contributed by atoms with Crippen LogP contribution < -0.4 is 14.8 Å². The molecule has 2 N–H and O–H groups in total. The molecule has 37 heavy (non-hydrogen) atoms. The second-order valence-corrected chi connectivity index (χ2v) is 11.0. The van der Waals surface area contributed by atoms with E-state index < -0.39 is 23.8 Å². The molecule has 1 unspecified atom stereocenters. The van der Waals surface area contributed by atoms with Crippen molar-refractivity contribution in [2.75, 3.05) is 5.32 Å². The maximum Gasteiger partial charge on any atom is 0.339 e. The Hall–Kier alpha value is -3.46. The van der Waals surface area contributed by atoms with Crippen molar-refractivity contribution in [1.82, 2.24) is 0 Å². The summed E-state index contributed by atoms with van der Waals surface area (Å²) >= 11 is 1.33. The van der Waals surface area contributed by atoms with E-state index in [4.69, 9.17) is 9.47 Å². The molecule has 1 amide bonds. The summed E-state index contributed by atoms with van der Waals surface area (Å²) in [4.78, 5) is 49.6. The third kappa shape index (κ3) is 6.85. The maximum absolute atomic E-state index is 12.8. The lowest BCUT2D eigenvalue weighted by Gasteiger charge is -2.34. The topological polar surface area (TPSA) is 119 Å². The number of aromatic carboxylic acids is 1. The van der Waals surface area contributed by atoms with E-state index in [-0.39, 0.29) is 41.2 Å². The van der Waals surface area contributed by atoms with Crippen molar-refractivity contribution in [2.24, 2.45) is 5.41 Å². The van der Waals surface area contributed by atoms with Gasteiger partial charge in [-0.1, -0.05) is 40.7 Å². The van der Waals surface area contributed by atoms with Gasteiger partial charge < -0.3 is 19.9 Å². The van der Waals surface area contributed by atoms with Crippen molar-refractivity contribution in [1.29, 1.82) is 0 Å². The minimum atomic E-state index is -1.05. The highest BCUT2D eigenvalue weighted by molar-refractivity contribution is 7.17. The van der Waals surface area contributed by atoms with E-state index in [0.29, 0.717) is 10.6 Å². The molecule has 0 aliphatic heterocycles. The molecule has 0 fully saturated rings. The van der Waals surface area contributed by atoms with Gasteiger partial charge in [-0.2, -0.15) is 0 Å². The van der Waals surface area contributed by atoms with Crippen molar-refractivity contribution < 1.29 is 33.8 Å². The fourth-order valence-corrected chi connectivity index (χ4v) is 5.63. The number of carbonyl (C=O) groups is 4. The third-order valence-electron chi connectivity index (χ3n) is 6.18. The van der Waals surface area contributed by atoms with Crippen LogP contribution in [0.2, 0.25) is 0 Å². The first-order valence-corrected chi connectivity index (χ1v) is 13.2. The van der Waals surface area contributed by atoms with Gasteiger partial charge in [0.1, 0.15) is 5.00 Å². The molecule has 8 nitrogen and oxygen atoms in total. The molecule has 0 bridgehead atoms. The zero-order chi connectivity index (χ0) is 27.3. The van der Waals surface area contributed by atoms with Gasteiger partial charge in [0.15, 0.2) is 11.5 Å². The van der Waals surface area contributed by atoms with E-state index in [9.17, 15) is 24.3 Å². The number of anilines is 1. The number of hydrogen-bond acceptors (Lipinski definition) is 7. The number of carboxylic acid groups (broad SMARTS) is 1. The lowest BCUT2D eigenvalue weighted by Crippen LogP contribution is -2.24. The Morgan fingerprint density at radius 1 is 1.08 bits per heavy atom. The number of carboxylic acids is 1. The van der Waals surface area contributed by atoms with Crippen LogP contribution in [0, 0.1) is 5.41 Å². The fraction of sp³-hybridized carbons (Fsp3) is 0.429. The second kappa shape index (κ2) is 11.7. The van der Waals surface area contributed by atoms with Crippen molar-refractivity contribution >= 4 is 46.2 Å². The fourth-order valence-electron chi connectivity index (χ4n) is 4.33. The SMILES string of the molecule is CCC(=O)Oc1ccc(C=CC(=O)Nc2sc3c(c2C(=O)O)C(C(C)(C)C)CCC3)cc1OC(=O)CC. The highest BCUT2D eigenvalue weighted by Crippen LogP contribution is 2.50. The molecule has 1 aliphatic carbocycles. The van der Waals surface area contributed by atoms with Gasteiger partial charge in [0, 0.05) is 23.8 Å². The summed E-state index contributed by atoms with van der Waals surface area (Å²) < 4.78 is 10.5. The van der Waals surface area contributed by atoms with Crippen LogP contribution in [0.25, 0.3) is 6.08 Å². The zero-order valence-electron chi connectivity index (χ0n) is 21.8. The Balaban J connectivity index is 1.85. The molecule has 0 radical (unpaired) electrons. The Morgan fingerprint density at radius 2 is 1.73 bits per heavy atom. The predicted octanol–water partition coefficient (Wildman–Crippen LogP) is 6.20. The summed E-state index contributed by atoms with van der Waals surface area (Å²) in [6.07, 6.45) is 5.78. The highest BCUT2D eigenvalue weighted by Gasteiger charge is 2.37. The number of amides is 1. The van der Waals surface area contributed by atoms with Crippen LogP contribution in [0.15, 0.2) is 24.3 Å². The van der Waals surface area contributed by atoms with E-state index in [2.05, 4.69) is 26.1 Å². The van der Waals surface area contributed by atoms with Crippen LogP contribution in [-0.2, 0) is 20.8 Å². The number of thiophene rings is 1. The minimum Gasteiger partial charge on any atom is -0.478 e. The van der Waals surface area contributed by atoms with Crippen LogP contribution >= 0.6 is 11.3 Å². The van der Waals surface area contributed by atoms with Crippen molar-refractivity contribution in [3.63, 3.8) is 0 Å². The van der Waals surface area contributed by atoms with Gasteiger partial charge in [-0.25, -0.2) is 4.79 Å². The normalized spacial score (nSPS) is 15.2. The van der Waals surface area contributed by atoms with Crippen LogP contribution in [0.5, 0.6) is 11.5 Å². The van der Waals surface area contributed by atoms with Crippen molar-refractivity contribution in [3.05, 3.63) is 45.8 Å². The molecule has 1 heterocycles. The quantitative estimate of drug-likeness (QED) is 0.238. The van der Waals surface area contributed by atoms with Crippen molar-refractivity contribution in [2.45, 2.75) is 72.6 Å². The molecule has 0 saturated heterocycles. The molecule has 0 spiro atoms. The minimum absolute atomic E-state index is 0.0727. The standard InChI is InChI=1S/C28H33NO7S/c1-6-22(31)35-18-13-11-16(15-19(18)36-23(32)7-2)12-14-21(30)29-26-25(27(33)34)24-17(28(3,4)5)9-8-10-20(24)37-26/h11-15,17H,6-10H2,1-5H3,(H,29,30)(H,33,34). The Labute approximate surface area is 220 Å². The molecular weight excluding hydrogens is 494 g/mol. The van der Waals surface area contributed by atoms with E-state index in [1.807, 2.05) is 0 Å². The molecule has 3 rings (SSSR count). The Kier molecular flexibility index (Phi) is 8.91. The van der Waals surface area contributed by atoms with Crippen LogP contribution in [0.3, 0.4) is 0 Å². The summed E-state index contributed by atoms with van der Waals surface area (Å²) in [5.41, 5.74) is 1.45. The summed E-state index contributed by atoms with van der Waals surface area (Å²) in [5, 5.41) is 13.1. The van der Waals surface area contributed by atoms with E-state index in [0.717, 1.165) is 29.7 Å². The molecule has 2 aromatic rings. The number of nitrogens with one attached hydrogen (secondary N) is 1. The number of fused-ring (bicyclic) bond motifs is 1.